The second kappa shape index (κ2) is 5.47. The fraction of sp³-hybridized carbons (Fsp3) is 0.0714. The van der Waals surface area contributed by atoms with Gasteiger partial charge >= 0.3 is 12.1 Å². The first kappa shape index (κ1) is 15.5. The Kier molecular flexibility index (Phi) is 3.85. The number of carboxylic acid groups (broad SMARTS) is 1. The molecule has 0 bridgehead atoms. The van der Waals surface area contributed by atoms with Gasteiger partial charge in [0.1, 0.15) is 0 Å². The number of non-ortho nitro benzene ring substituents is 1. The van der Waals surface area contributed by atoms with Crippen LogP contribution >= 0.6 is 0 Å². The summed E-state index contributed by atoms with van der Waals surface area (Å²) in [5.74, 6) is -1.47. The van der Waals surface area contributed by atoms with Gasteiger partial charge in [-0.25, -0.2) is 4.79 Å². The third-order valence-corrected chi connectivity index (χ3v) is 2.97. The quantitative estimate of drug-likeness (QED) is 0.686. The number of nitro benzene ring substituents is 1. The van der Waals surface area contributed by atoms with Crippen LogP contribution in [0.1, 0.15) is 15.9 Å². The molecule has 0 unspecified atom stereocenters. The number of nitrogens with zero attached hydrogens (tertiary/aromatic N) is 1. The zero-order chi connectivity index (χ0) is 16.5. The molecule has 2 rings (SSSR count). The van der Waals surface area contributed by atoms with E-state index >= 15 is 0 Å². The van der Waals surface area contributed by atoms with Gasteiger partial charge in [-0.3, -0.25) is 10.1 Å². The molecule has 0 spiro atoms. The minimum Gasteiger partial charge on any atom is -0.478 e. The number of nitro groups is 1. The van der Waals surface area contributed by atoms with Crippen LogP contribution in [-0.4, -0.2) is 16.0 Å². The number of alkyl halides is 3. The summed E-state index contributed by atoms with van der Waals surface area (Å²) in [7, 11) is 0. The van der Waals surface area contributed by atoms with E-state index in [1.165, 1.54) is 6.07 Å². The second-order valence-electron chi connectivity index (χ2n) is 4.34. The monoisotopic (exact) mass is 311 g/mol. The van der Waals surface area contributed by atoms with Crippen molar-refractivity contribution in [2.24, 2.45) is 0 Å². The van der Waals surface area contributed by atoms with Gasteiger partial charge in [-0.05, 0) is 17.7 Å². The fourth-order valence-electron chi connectivity index (χ4n) is 2.02. The molecule has 0 heterocycles. The number of rotatable bonds is 3. The van der Waals surface area contributed by atoms with E-state index in [0.717, 1.165) is 36.4 Å². The standard InChI is InChI=1S/C14H8F3NO4/c15-14(16,17)12-4-2-1-3-9(12)11-7-8(18(21)22)5-6-10(11)13(19)20/h1-7H,(H,19,20). The number of benzene rings is 2. The summed E-state index contributed by atoms with van der Waals surface area (Å²) in [5.41, 5.74) is -2.76. The molecule has 0 atom stereocenters. The summed E-state index contributed by atoms with van der Waals surface area (Å²) in [4.78, 5) is 21.2. The van der Waals surface area contributed by atoms with Crippen LogP contribution in [-0.2, 0) is 6.18 Å². The van der Waals surface area contributed by atoms with E-state index in [1.807, 2.05) is 0 Å². The molecule has 114 valence electrons. The summed E-state index contributed by atoms with van der Waals surface area (Å²) < 4.78 is 39.1. The Balaban J connectivity index is 2.79. The van der Waals surface area contributed by atoms with Crippen molar-refractivity contribution in [3.8, 4) is 11.1 Å². The van der Waals surface area contributed by atoms with Crippen molar-refractivity contribution in [3.05, 3.63) is 63.7 Å². The normalized spacial score (nSPS) is 11.2. The average molecular weight is 311 g/mol. The highest BCUT2D eigenvalue weighted by molar-refractivity contribution is 5.97. The van der Waals surface area contributed by atoms with E-state index in [9.17, 15) is 28.1 Å². The first-order chi connectivity index (χ1) is 10.2. The smallest absolute Gasteiger partial charge is 0.417 e. The minimum absolute atomic E-state index is 0.352. The number of hydrogen-bond acceptors (Lipinski definition) is 3. The van der Waals surface area contributed by atoms with Gasteiger partial charge in [-0.2, -0.15) is 13.2 Å². The number of hydrogen-bond donors (Lipinski definition) is 1. The highest BCUT2D eigenvalue weighted by atomic mass is 19.4. The Bertz CT molecular complexity index is 756. The molecule has 1 N–H and O–H groups in total. The molecule has 2 aromatic rings. The Hall–Kier alpha value is -2.90. The molecule has 0 amide bonds. The summed E-state index contributed by atoms with van der Waals surface area (Å²) in [6.07, 6.45) is -4.71. The zero-order valence-electron chi connectivity index (χ0n) is 10.8. The van der Waals surface area contributed by atoms with E-state index in [-0.39, 0.29) is 5.56 Å². The molecule has 0 aliphatic heterocycles. The van der Waals surface area contributed by atoms with Crippen molar-refractivity contribution in [2.45, 2.75) is 6.18 Å². The molecule has 0 fully saturated rings. The Morgan fingerprint density at radius 2 is 1.73 bits per heavy atom. The van der Waals surface area contributed by atoms with Crippen molar-refractivity contribution in [1.29, 1.82) is 0 Å². The van der Waals surface area contributed by atoms with Crippen LogP contribution in [0.15, 0.2) is 42.5 Å². The Morgan fingerprint density at radius 1 is 1.09 bits per heavy atom. The lowest BCUT2D eigenvalue weighted by atomic mass is 9.94. The third-order valence-electron chi connectivity index (χ3n) is 2.97. The third kappa shape index (κ3) is 2.90. The van der Waals surface area contributed by atoms with Crippen LogP contribution < -0.4 is 0 Å². The lowest BCUT2D eigenvalue weighted by Crippen LogP contribution is -2.09. The highest BCUT2D eigenvalue weighted by Gasteiger charge is 2.34. The van der Waals surface area contributed by atoms with E-state index < -0.39 is 39.4 Å². The van der Waals surface area contributed by atoms with Gasteiger partial charge in [0.05, 0.1) is 16.1 Å². The van der Waals surface area contributed by atoms with Gasteiger partial charge < -0.3 is 5.11 Å². The van der Waals surface area contributed by atoms with E-state index in [1.54, 1.807) is 0 Å². The summed E-state index contributed by atoms with van der Waals surface area (Å²) in [6.45, 7) is 0. The molecule has 8 heteroatoms. The highest BCUT2D eigenvalue weighted by Crippen LogP contribution is 2.39. The molecule has 0 aliphatic rings. The molecular formula is C14H8F3NO4. The number of carbonyl (C=O) groups is 1. The zero-order valence-corrected chi connectivity index (χ0v) is 10.8. The summed E-state index contributed by atoms with van der Waals surface area (Å²) >= 11 is 0. The van der Waals surface area contributed by atoms with Crippen LogP contribution in [0.5, 0.6) is 0 Å². The van der Waals surface area contributed by atoms with Crippen LogP contribution in [0.3, 0.4) is 0 Å². The van der Waals surface area contributed by atoms with Gasteiger partial charge in [0.2, 0.25) is 0 Å². The van der Waals surface area contributed by atoms with Crippen LogP contribution in [0.25, 0.3) is 11.1 Å². The summed E-state index contributed by atoms with van der Waals surface area (Å²) in [5, 5.41) is 19.9. The fourth-order valence-corrected chi connectivity index (χ4v) is 2.02. The van der Waals surface area contributed by atoms with Gasteiger partial charge in [-0.15, -0.1) is 0 Å². The second-order valence-corrected chi connectivity index (χ2v) is 4.34. The van der Waals surface area contributed by atoms with Crippen molar-refractivity contribution < 1.29 is 28.0 Å². The largest absolute Gasteiger partial charge is 0.478 e. The first-order valence-electron chi connectivity index (χ1n) is 5.90. The van der Waals surface area contributed by atoms with Crippen molar-refractivity contribution in [1.82, 2.24) is 0 Å². The molecule has 0 saturated heterocycles. The minimum atomic E-state index is -4.71. The molecule has 0 radical (unpaired) electrons. The average Bonchev–Trinajstić information content (AvgIpc) is 2.45. The maximum Gasteiger partial charge on any atom is 0.417 e. The van der Waals surface area contributed by atoms with Crippen molar-refractivity contribution in [3.63, 3.8) is 0 Å². The lowest BCUT2D eigenvalue weighted by molar-refractivity contribution is -0.384. The number of carboxylic acids is 1. The molecule has 22 heavy (non-hydrogen) atoms. The molecule has 5 nitrogen and oxygen atoms in total. The van der Waals surface area contributed by atoms with Gasteiger partial charge in [-0.1, -0.05) is 18.2 Å². The SMILES string of the molecule is O=C(O)c1ccc([N+](=O)[O-])cc1-c1ccccc1C(F)(F)F. The molecule has 2 aromatic carbocycles. The van der Waals surface area contributed by atoms with E-state index in [4.69, 9.17) is 5.11 Å². The van der Waals surface area contributed by atoms with Gasteiger partial charge in [0.25, 0.3) is 5.69 Å². The van der Waals surface area contributed by atoms with E-state index in [0.29, 0.717) is 0 Å². The molecule has 0 aromatic heterocycles. The van der Waals surface area contributed by atoms with Crippen LogP contribution in [0.4, 0.5) is 18.9 Å². The Morgan fingerprint density at radius 3 is 2.27 bits per heavy atom. The molecule has 0 saturated carbocycles. The molecule has 0 aliphatic carbocycles. The Labute approximate surface area is 121 Å². The van der Waals surface area contributed by atoms with Crippen molar-refractivity contribution in [2.75, 3.05) is 0 Å². The lowest BCUT2D eigenvalue weighted by Gasteiger charge is -2.14. The molecular weight excluding hydrogens is 303 g/mol. The topological polar surface area (TPSA) is 80.4 Å². The summed E-state index contributed by atoms with van der Waals surface area (Å²) in [6, 6.07) is 7.01. The maximum atomic E-state index is 13.0. The van der Waals surface area contributed by atoms with Gasteiger partial charge in [0, 0.05) is 17.7 Å². The van der Waals surface area contributed by atoms with Crippen molar-refractivity contribution >= 4 is 11.7 Å². The van der Waals surface area contributed by atoms with E-state index in [2.05, 4.69) is 0 Å². The number of aromatic carboxylic acids is 1. The maximum absolute atomic E-state index is 13.0. The predicted octanol–water partition coefficient (Wildman–Crippen LogP) is 3.98. The van der Waals surface area contributed by atoms with Crippen LogP contribution in [0.2, 0.25) is 0 Å². The predicted molar refractivity (Wildman–Crippen MR) is 70.5 cm³/mol. The van der Waals surface area contributed by atoms with Gasteiger partial charge in [0.15, 0.2) is 0 Å². The van der Waals surface area contributed by atoms with Crippen LogP contribution in [0, 0.1) is 10.1 Å². The number of halogens is 3. The first-order valence-corrected chi connectivity index (χ1v) is 5.90.